The maximum Gasteiger partial charge on any atom is 0.182 e. The molecule has 0 aliphatic carbocycles. The average Bonchev–Trinajstić information content (AvgIpc) is 3.36. The van der Waals surface area contributed by atoms with Crippen LogP contribution in [0.25, 0.3) is 5.65 Å². The van der Waals surface area contributed by atoms with Gasteiger partial charge in [0, 0.05) is 31.3 Å². The minimum Gasteiger partial charge on any atom is -0.485 e. The summed E-state index contributed by atoms with van der Waals surface area (Å²) in [5, 5.41) is 14.4. The Hall–Kier alpha value is -3.59. The van der Waals surface area contributed by atoms with Crippen LogP contribution >= 0.6 is 0 Å². The standard InChI is InChI=1S/C24H24F2N4O3/c1-15-22(19(32)12-24(2,14-31)21-9-11-29(3)28-21)30-10-5-8-20(23(30)27-15)33-13-16-17(25)6-4-7-18(16)26/h4-11,31H,12-14H2,1-3H3. The molecule has 4 aromatic rings. The average molecular weight is 454 g/mol. The zero-order valence-corrected chi connectivity index (χ0v) is 18.5. The molecule has 9 heteroatoms. The van der Waals surface area contributed by atoms with Gasteiger partial charge in [0.05, 0.1) is 23.6 Å². The van der Waals surface area contributed by atoms with E-state index in [2.05, 4.69) is 10.1 Å². The predicted octanol–water partition coefficient (Wildman–Crippen LogP) is 3.76. The smallest absolute Gasteiger partial charge is 0.182 e. The number of rotatable bonds is 8. The number of nitrogens with zero attached hydrogens (tertiary/aromatic N) is 4. The number of ether oxygens (including phenoxy) is 1. The van der Waals surface area contributed by atoms with Crippen molar-refractivity contribution in [2.45, 2.75) is 32.3 Å². The van der Waals surface area contributed by atoms with Crippen LogP contribution in [0.5, 0.6) is 5.75 Å². The van der Waals surface area contributed by atoms with Gasteiger partial charge < -0.3 is 9.84 Å². The van der Waals surface area contributed by atoms with Crippen molar-refractivity contribution >= 4 is 11.4 Å². The summed E-state index contributed by atoms with van der Waals surface area (Å²) in [5.41, 5.74) is 0.749. The molecule has 0 aliphatic rings. The van der Waals surface area contributed by atoms with Crippen LogP contribution in [0.4, 0.5) is 8.78 Å². The van der Waals surface area contributed by atoms with Gasteiger partial charge in [0.15, 0.2) is 17.2 Å². The maximum atomic E-state index is 14.0. The Morgan fingerprint density at radius 1 is 1.15 bits per heavy atom. The summed E-state index contributed by atoms with van der Waals surface area (Å²) in [5.74, 6) is -1.33. The largest absolute Gasteiger partial charge is 0.485 e. The number of pyridine rings is 1. The predicted molar refractivity (Wildman–Crippen MR) is 117 cm³/mol. The van der Waals surface area contributed by atoms with E-state index in [0.29, 0.717) is 22.7 Å². The molecule has 0 amide bonds. The minimum absolute atomic E-state index is 0.0146. The Bertz CT molecular complexity index is 1310. The van der Waals surface area contributed by atoms with Gasteiger partial charge in [-0.15, -0.1) is 0 Å². The first-order valence-corrected chi connectivity index (χ1v) is 10.4. The lowest BCUT2D eigenvalue weighted by atomic mass is 9.82. The van der Waals surface area contributed by atoms with Gasteiger partial charge in [0.1, 0.15) is 23.9 Å². The molecule has 4 rings (SSSR count). The molecule has 7 nitrogen and oxygen atoms in total. The van der Waals surface area contributed by atoms with E-state index in [0.717, 1.165) is 0 Å². The van der Waals surface area contributed by atoms with Crippen LogP contribution in [0.1, 0.15) is 40.8 Å². The SMILES string of the molecule is Cc1nc2c(OCc3c(F)cccc3F)cccn2c1C(=O)CC(C)(CO)c1ccn(C)n1. The number of fused-ring (bicyclic) bond motifs is 1. The number of aliphatic hydroxyl groups excluding tert-OH is 1. The van der Waals surface area contributed by atoms with Crippen LogP contribution in [0, 0.1) is 18.6 Å². The molecule has 0 saturated heterocycles. The molecule has 172 valence electrons. The van der Waals surface area contributed by atoms with E-state index in [-0.39, 0.29) is 36.7 Å². The molecule has 0 aliphatic heterocycles. The van der Waals surface area contributed by atoms with Gasteiger partial charge in [-0.1, -0.05) is 13.0 Å². The van der Waals surface area contributed by atoms with Gasteiger partial charge in [-0.2, -0.15) is 5.10 Å². The van der Waals surface area contributed by atoms with Crippen molar-refractivity contribution in [2.24, 2.45) is 7.05 Å². The molecule has 3 heterocycles. The highest BCUT2D eigenvalue weighted by atomic mass is 19.1. The molecule has 3 aromatic heterocycles. The second-order valence-corrected chi connectivity index (χ2v) is 8.29. The molecule has 0 saturated carbocycles. The van der Waals surface area contributed by atoms with Gasteiger partial charge in [-0.3, -0.25) is 13.9 Å². The minimum atomic E-state index is -0.870. The number of benzene rings is 1. The monoisotopic (exact) mass is 454 g/mol. The summed E-state index contributed by atoms with van der Waals surface area (Å²) in [4.78, 5) is 17.8. The van der Waals surface area contributed by atoms with E-state index in [9.17, 15) is 18.7 Å². The Labute approximate surface area is 189 Å². The van der Waals surface area contributed by atoms with Crippen molar-refractivity contribution in [3.05, 3.63) is 83.1 Å². The molecule has 1 unspecified atom stereocenters. The van der Waals surface area contributed by atoms with Gasteiger partial charge >= 0.3 is 0 Å². The van der Waals surface area contributed by atoms with Gasteiger partial charge in [0.2, 0.25) is 0 Å². The molecular weight excluding hydrogens is 430 g/mol. The Kier molecular flexibility index (Phi) is 5.99. The number of carbonyl (C=O) groups excluding carboxylic acids is 1. The number of aromatic nitrogens is 4. The van der Waals surface area contributed by atoms with Crippen molar-refractivity contribution in [2.75, 3.05) is 6.61 Å². The van der Waals surface area contributed by atoms with Crippen molar-refractivity contribution in [3.63, 3.8) is 0 Å². The number of aryl methyl sites for hydroxylation is 2. The van der Waals surface area contributed by atoms with Gasteiger partial charge in [-0.05, 0) is 37.3 Å². The van der Waals surface area contributed by atoms with E-state index in [1.165, 1.54) is 18.2 Å². The van der Waals surface area contributed by atoms with E-state index in [4.69, 9.17) is 4.74 Å². The molecule has 0 bridgehead atoms. The fourth-order valence-electron chi connectivity index (χ4n) is 3.83. The summed E-state index contributed by atoms with van der Waals surface area (Å²) in [6.07, 6.45) is 3.45. The van der Waals surface area contributed by atoms with E-state index < -0.39 is 17.0 Å². The van der Waals surface area contributed by atoms with Crippen LogP contribution in [0.15, 0.2) is 48.8 Å². The third-order valence-corrected chi connectivity index (χ3v) is 5.72. The number of imidazole rings is 1. The molecule has 1 aromatic carbocycles. The van der Waals surface area contributed by atoms with E-state index >= 15 is 0 Å². The first-order chi connectivity index (χ1) is 15.7. The number of Topliss-reactive ketones (excluding diaryl/α,β-unsaturated/α-hetero) is 1. The number of ketones is 1. The van der Waals surface area contributed by atoms with Gasteiger partial charge in [-0.25, -0.2) is 13.8 Å². The van der Waals surface area contributed by atoms with Crippen LogP contribution in [-0.2, 0) is 19.1 Å². The van der Waals surface area contributed by atoms with Crippen LogP contribution in [0.3, 0.4) is 0 Å². The van der Waals surface area contributed by atoms with E-state index in [1.54, 1.807) is 60.6 Å². The Balaban J connectivity index is 1.64. The molecule has 1 N–H and O–H groups in total. The van der Waals surface area contributed by atoms with Crippen molar-refractivity contribution in [1.29, 1.82) is 0 Å². The summed E-state index contributed by atoms with van der Waals surface area (Å²) in [7, 11) is 1.77. The Morgan fingerprint density at radius 2 is 1.88 bits per heavy atom. The van der Waals surface area contributed by atoms with Crippen LogP contribution in [-0.4, -0.2) is 36.7 Å². The fourth-order valence-corrected chi connectivity index (χ4v) is 3.83. The zero-order chi connectivity index (χ0) is 23.8. The Morgan fingerprint density at radius 3 is 2.52 bits per heavy atom. The highest BCUT2D eigenvalue weighted by Gasteiger charge is 2.33. The zero-order valence-electron chi connectivity index (χ0n) is 18.5. The quantitative estimate of drug-likeness (QED) is 0.410. The number of aliphatic hydroxyl groups is 1. The first kappa shape index (κ1) is 22.6. The summed E-state index contributed by atoms with van der Waals surface area (Å²) >= 11 is 0. The van der Waals surface area contributed by atoms with Crippen molar-refractivity contribution in [1.82, 2.24) is 19.2 Å². The molecular formula is C24H24F2N4O3. The third-order valence-electron chi connectivity index (χ3n) is 5.72. The fraction of sp³-hybridized carbons (Fsp3) is 0.292. The molecule has 0 radical (unpaired) electrons. The number of hydrogen-bond donors (Lipinski definition) is 1. The van der Waals surface area contributed by atoms with Gasteiger partial charge in [0.25, 0.3) is 0 Å². The lowest BCUT2D eigenvalue weighted by Crippen LogP contribution is -2.31. The third kappa shape index (κ3) is 4.23. The molecule has 0 fully saturated rings. The summed E-state index contributed by atoms with van der Waals surface area (Å²) in [6.45, 7) is 2.91. The number of hydrogen-bond acceptors (Lipinski definition) is 5. The highest BCUT2D eigenvalue weighted by Crippen LogP contribution is 2.30. The lowest BCUT2D eigenvalue weighted by Gasteiger charge is -2.24. The molecule has 1 atom stereocenters. The second-order valence-electron chi connectivity index (χ2n) is 8.29. The molecule has 0 spiro atoms. The number of halogens is 2. The van der Waals surface area contributed by atoms with Crippen molar-refractivity contribution in [3.8, 4) is 5.75 Å². The molecule has 33 heavy (non-hydrogen) atoms. The number of carbonyl (C=O) groups is 1. The topological polar surface area (TPSA) is 81.6 Å². The van der Waals surface area contributed by atoms with Crippen LogP contribution < -0.4 is 4.74 Å². The summed E-state index contributed by atoms with van der Waals surface area (Å²) in [6, 6.07) is 8.69. The highest BCUT2D eigenvalue weighted by molar-refractivity contribution is 5.97. The maximum absolute atomic E-state index is 14.0. The van der Waals surface area contributed by atoms with E-state index in [1.807, 2.05) is 0 Å². The summed E-state index contributed by atoms with van der Waals surface area (Å²) < 4.78 is 36.8. The lowest BCUT2D eigenvalue weighted by molar-refractivity contribution is 0.0909. The van der Waals surface area contributed by atoms with Crippen molar-refractivity contribution < 1.29 is 23.4 Å². The first-order valence-electron chi connectivity index (χ1n) is 10.4. The second kappa shape index (κ2) is 8.74. The normalized spacial score (nSPS) is 13.3. The van der Waals surface area contributed by atoms with Crippen LogP contribution in [0.2, 0.25) is 0 Å².